The van der Waals surface area contributed by atoms with Crippen LogP contribution in [0.3, 0.4) is 0 Å². The maximum absolute atomic E-state index is 12.9. The van der Waals surface area contributed by atoms with Gasteiger partial charge in [0.1, 0.15) is 0 Å². The van der Waals surface area contributed by atoms with Gasteiger partial charge >= 0.3 is 0 Å². The minimum absolute atomic E-state index is 0.0228. The predicted molar refractivity (Wildman–Crippen MR) is 139 cm³/mol. The molecule has 1 aliphatic rings. The summed E-state index contributed by atoms with van der Waals surface area (Å²) >= 11 is 1.68. The number of rotatable bonds is 6. The molecule has 2 aromatic heterocycles. The second kappa shape index (κ2) is 9.58. The summed E-state index contributed by atoms with van der Waals surface area (Å²) in [6.45, 7) is 8.47. The summed E-state index contributed by atoms with van der Waals surface area (Å²) in [6, 6.07) is 16.8. The maximum Gasteiger partial charge on any atom is 0.225 e. The van der Waals surface area contributed by atoms with Crippen LogP contribution in [0, 0.1) is 19.8 Å². The van der Waals surface area contributed by atoms with Crippen LogP contribution in [0.1, 0.15) is 42.1 Å². The van der Waals surface area contributed by atoms with Crippen LogP contribution >= 0.6 is 11.3 Å². The lowest BCUT2D eigenvalue weighted by Gasteiger charge is -2.31. The average molecular weight is 474 g/mol. The summed E-state index contributed by atoms with van der Waals surface area (Å²) < 4.78 is 3.04. The summed E-state index contributed by atoms with van der Waals surface area (Å²) in [4.78, 5) is 20.2. The maximum atomic E-state index is 12.9. The summed E-state index contributed by atoms with van der Waals surface area (Å²) in [5, 5.41) is 8.85. The lowest BCUT2D eigenvalue weighted by molar-refractivity contribution is -0.125. The molecule has 7 heteroatoms. The van der Waals surface area contributed by atoms with Crippen LogP contribution in [-0.4, -0.2) is 33.8 Å². The number of thiazole rings is 1. The average Bonchev–Trinajstić information content (AvgIpc) is 3.44. The van der Waals surface area contributed by atoms with Gasteiger partial charge in [0.25, 0.3) is 0 Å². The van der Waals surface area contributed by atoms with Crippen molar-refractivity contribution in [3.05, 3.63) is 70.9 Å². The summed E-state index contributed by atoms with van der Waals surface area (Å²) in [5.74, 6) is 0.109. The van der Waals surface area contributed by atoms with Gasteiger partial charge in [-0.25, -0.2) is 4.68 Å². The van der Waals surface area contributed by atoms with Crippen molar-refractivity contribution in [2.24, 2.45) is 5.92 Å². The van der Waals surface area contributed by atoms with Crippen molar-refractivity contribution in [2.75, 3.05) is 18.0 Å². The number of carbonyl (C=O) groups is 1. The first kappa shape index (κ1) is 22.6. The van der Waals surface area contributed by atoms with E-state index in [1.54, 1.807) is 11.3 Å². The molecule has 1 aliphatic heterocycles. The van der Waals surface area contributed by atoms with Crippen molar-refractivity contribution < 1.29 is 4.79 Å². The Hall–Kier alpha value is -3.19. The third-order valence-electron chi connectivity index (χ3n) is 6.62. The number of carbonyl (C=O) groups excluding carboxylic acids is 1. The number of aromatic nitrogens is 3. The van der Waals surface area contributed by atoms with Crippen LogP contribution in [-0.2, 0) is 17.8 Å². The fourth-order valence-electron chi connectivity index (χ4n) is 4.52. The van der Waals surface area contributed by atoms with E-state index in [9.17, 15) is 4.79 Å². The van der Waals surface area contributed by atoms with E-state index < -0.39 is 0 Å². The Labute approximate surface area is 204 Å². The number of nitrogens with one attached hydrogen (secondary N) is 1. The standard InChI is InChI=1S/C27H31N5OS/c1-4-20-9-11-21(12-10-20)16-28-26(33)22-6-5-15-31(17-22)27-29-25-24(34-27)19(3)30-32(25)23-13-7-18(2)8-14-23/h7-14,22H,4-6,15-17H2,1-3H3,(H,28,33). The number of amides is 1. The van der Waals surface area contributed by atoms with Gasteiger partial charge in [0.05, 0.1) is 22.0 Å². The molecule has 34 heavy (non-hydrogen) atoms. The van der Waals surface area contributed by atoms with Gasteiger partial charge in [-0.1, -0.05) is 60.2 Å². The minimum atomic E-state index is -0.0228. The second-order valence-corrected chi connectivity index (χ2v) is 10.1. The molecule has 6 nitrogen and oxygen atoms in total. The Morgan fingerprint density at radius 2 is 1.82 bits per heavy atom. The highest BCUT2D eigenvalue weighted by atomic mass is 32.1. The first-order valence-corrected chi connectivity index (χ1v) is 12.9. The SMILES string of the molecule is CCc1ccc(CNC(=O)C2CCCN(c3nc4c(s3)c(C)nn4-c3ccc(C)cc3)C2)cc1. The molecular formula is C27H31N5OS. The van der Waals surface area contributed by atoms with Gasteiger partial charge in [-0.15, -0.1) is 0 Å². The van der Waals surface area contributed by atoms with E-state index >= 15 is 0 Å². The number of piperidine rings is 1. The molecule has 1 fully saturated rings. The van der Waals surface area contributed by atoms with Gasteiger partial charge in [-0.2, -0.15) is 10.1 Å². The Morgan fingerprint density at radius 1 is 1.09 bits per heavy atom. The number of hydrogen-bond donors (Lipinski definition) is 1. The van der Waals surface area contributed by atoms with E-state index in [1.165, 1.54) is 11.1 Å². The van der Waals surface area contributed by atoms with E-state index in [0.717, 1.165) is 58.2 Å². The van der Waals surface area contributed by atoms with Gasteiger partial charge in [0.15, 0.2) is 10.8 Å². The van der Waals surface area contributed by atoms with Gasteiger partial charge in [0, 0.05) is 19.6 Å². The van der Waals surface area contributed by atoms with Gasteiger partial charge in [0.2, 0.25) is 5.91 Å². The molecule has 3 heterocycles. The first-order chi connectivity index (χ1) is 16.5. The van der Waals surface area contributed by atoms with Crippen molar-refractivity contribution in [3.63, 3.8) is 0 Å². The van der Waals surface area contributed by atoms with E-state index in [2.05, 4.69) is 72.6 Å². The molecule has 4 aromatic rings. The predicted octanol–water partition coefficient (Wildman–Crippen LogP) is 5.19. The summed E-state index contributed by atoms with van der Waals surface area (Å²) in [6.07, 6.45) is 2.93. The fraction of sp³-hybridized carbons (Fsp3) is 0.370. The molecule has 1 unspecified atom stereocenters. The summed E-state index contributed by atoms with van der Waals surface area (Å²) in [7, 11) is 0. The monoisotopic (exact) mass is 473 g/mol. The number of aryl methyl sites for hydroxylation is 3. The number of benzene rings is 2. The minimum Gasteiger partial charge on any atom is -0.352 e. The zero-order valence-corrected chi connectivity index (χ0v) is 20.9. The normalized spacial score (nSPS) is 16.2. The molecule has 5 rings (SSSR count). The molecule has 0 radical (unpaired) electrons. The molecule has 0 aliphatic carbocycles. The van der Waals surface area contributed by atoms with Crippen LogP contribution < -0.4 is 10.2 Å². The quantitative estimate of drug-likeness (QED) is 0.418. The van der Waals surface area contributed by atoms with Crippen molar-refractivity contribution >= 4 is 32.7 Å². The first-order valence-electron chi connectivity index (χ1n) is 12.1. The van der Waals surface area contributed by atoms with Crippen molar-refractivity contribution in [1.82, 2.24) is 20.1 Å². The largest absolute Gasteiger partial charge is 0.352 e. The number of nitrogens with zero attached hydrogens (tertiary/aromatic N) is 4. The summed E-state index contributed by atoms with van der Waals surface area (Å²) in [5.41, 5.74) is 6.57. The topological polar surface area (TPSA) is 63.1 Å². The molecule has 1 amide bonds. The highest BCUT2D eigenvalue weighted by Gasteiger charge is 2.28. The van der Waals surface area contributed by atoms with Crippen LogP contribution in [0.4, 0.5) is 5.13 Å². The highest BCUT2D eigenvalue weighted by molar-refractivity contribution is 7.22. The fourth-order valence-corrected chi connectivity index (χ4v) is 5.54. The zero-order chi connectivity index (χ0) is 23.7. The Balaban J connectivity index is 1.29. The van der Waals surface area contributed by atoms with Crippen molar-refractivity contribution in [1.29, 1.82) is 0 Å². The molecule has 2 aromatic carbocycles. The van der Waals surface area contributed by atoms with Crippen LogP contribution in [0.2, 0.25) is 0 Å². The van der Waals surface area contributed by atoms with Crippen LogP contribution in [0.5, 0.6) is 0 Å². The molecule has 0 saturated carbocycles. The third kappa shape index (κ3) is 4.57. The molecule has 1 saturated heterocycles. The number of fused-ring (bicyclic) bond motifs is 1. The van der Waals surface area contributed by atoms with Crippen molar-refractivity contribution in [2.45, 2.75) is 46.6 Å². The highest BCUT2D eigenvalue weighted by Crippen LogP contribution is 2.34. The van der Waals surface area contributed by atoms with E-state index in [-0.39, 0.29) is 11.8 Å². The molecule has 0 bridgehead atoms. The molecule has 1 atom stereocenters. The third-order valence-corrected chi connectivity index (χ3v) is 7.83. The van der Waals surface area contributed by atoms with Gasteiger partial charge in [-0.05, 0) is 56.4 Å². The van der Waals surface area contributed by atoms with E-state index in [1.807, 2.05) is 11.6 Å². The van der Waals surface area contributed by atoms with Crippen molar-refractivity contribution in [3.8, 4) is 5.69 Å². The van der Waals surface area contributed by atoms with E-state index in [4.69, 9.17) is 10.1 Å². The smallest absolute Gasteiger partial charge is 0.225 e. The lowest BCUT2D eigenvalue weighted by Crippen LogP contribution is -2.43. The van der Waals surface area contributed by atoms with E-state index in [0.29, 0.717) is 13.1 Å². The molecule has 1 N–H and O–H groups in total. The molecule has 0 spiro atoms. The van der Waals surface area contributed by atoms with Crippen LogP contribution in [0.25, 0.3) is 16.0 Å². The lowest BCUT2D eigenvalue weighted by atomic mass is 9.97. The zero-order valence-electron chi connectivity index (χ0n) is 20.0. The second-order valence-electron chi connectivity index (χ2n) is 9.15. The number of hydrogen-bond acceptors (Lipinski definition) is 5. The Morgan fingerprint density at radius 3 is 2.56 bits per heavy atom. The molecule has 176 valence electrons. The number of anilines is 1. The van der Waals surface area contributed by atoms with Gasteiger partial charge < -0.3 is 10.2 Å². The Bertz CT molecular complexity index is 1290. The molecular weight excluding hydrogens is 442 g/mol. The van der Waals surface area contributed by atoms with Gasteiger partial charge in [-0.3, -0.25) is 4.79 Å². The van der Waals surface area contributed by atoms with Crippen LogP contribution in [0.15, 0.2) is 48.5 Å². The Kier molecular flexibility index (Phi) is 6.37.